The molecule has 0 spiro atoms. The number of nitrogens with one attached hydrogen (secondary N) is 2. The number of hydrogen-bond acceptors (Lipinski definition) is 6. The maximum atomic E-state index is 13.3. The van der Waals surface area contributed by atoms with Gasteiger partial charge in [0, 0.05) is 35.3 Å². The number of thiazole rings is 1. The van der Waals surface area contributed by atoms with E-state index in [9.17, 15) is 19.5 Å². The first-order valence-electron chi connectivity index (χ1n) is 13.4. The van der Waals surface area contributed by atoms with Gasteiger partial charge in [0.1, 0.15) is 5.60 Å². The molecular formula is C32H34N4O5S. The molecule has 0 atom stereocenters. The zero-order chi connectivity index (χ0) is 30.4. The molecule has 1 heterocycles. The lowest BCUT2D eigenvalue weighted by Gasteiger charge is -2.19. The monoisotopic (exact) mass is 586 g/mol. The standard InChI is InChI=1S/C32H34N4O5S/c1-20-6-9-22(10-7-20)27-18-21(2)8-15-26(27)28(37)33-23-11-13-25(14-12-23)36(31(39)40)17-16-24-19-42-29(34-24)35-30(38)41-32(3,4)5/h6-15,18-19H,16-17H2,1-5H3,(H,33,37)(H,39,40)(H,34,35,38). The van der Waals surface area contributed by atoms with E-state index in [1.165, 1.54) is 16.2 Å². The summed E-state index contributed by atoms with van der Waals surface area (Å²) in [6, 6.07) is 20.4. The fourth-order valence-corrected chi connectivity index (χ4v) is 4.91. The highest BCUT2D eigenvalue weighted by atomic mass is 32.1. The van der Waals surface area contributed by atoms with Crippen LogP contribution in [0.25, 0.3) is 11.1 Å². The van der Waals surface area contributed by atoms with Crippen LogP contribution >= 0.6 is 11.3 Å². The molecule has 0 radical (unpaired) electrons. The van der Waals surface area contributed by atoms with Crippen LogP contribution in [0.15, 0.2) is 72.1 Å². The fourth-order valence-electron chi connectivity index (χ4n) is 4.18. The van der Waals surface area contributed by atoms with Crippen LogP contribution in [0.4, 0.5) is 26.1 Å². The average molecular weight is 587 g/mol. The normalized spacial score (nSPS) is 11.1. The van der Waals surface area contributed by atoms with Crippen molar-refractivity contribution in [2.75, 3.05) is 22.1 Å². The predicted molar refractivity (Wildman–Crippen MR) is 167 cm³/mol. The van der Waals surface area contributed by atoms with Gasteiger partial charge in [0.15, 0.2) is 5.13 Å². The van der Waals surface area contributed by atoms with E-state index in [0.29, 0.717) is 34.2 Å². The van der Waals surface area contributed by atoms with Crippen LogP contribution in [-0.2, 0) is 11.2 Å². The van der Waals surface area contributed by atoms with E-state index in [-0.39, 0.29) is 12.5 Å². The Bertz CT molecular complexity index is 1570. The minimum Gasteiger partial charge on any atom is -0.465 e. The molecule has 0 unspecified atom stereocenters. The Kier molecular flexibility index (Phi) is 9.27. The third-order valence-electron chi connectivity index (χ3n) is 6.20. The molecule has 1 aromatic heterocycles. The number of hydrogen-bond donors (Lipinski definition) is 3. The average Bonchev–Trinajstić information content (AvgIpc) is 3.35. The predicted octanol–water partition coefficient (Wildman–Crippen LogP) is 7.75. The van der Waals surface area contributed by atoms with Crippen molar-refractivity contribution < 1.29 is 24.2 Å². The Hall–Kier alpha value is -4.70. The second-order valence-electron chi connectivity index (χ2n) is 10.9. The first kappa shape index (κ1) is 30.3. The molecule has 42 heavy (non-hydrogen) atoms. The summed E-state index contributed by atoms with van der Waals surface area (Å²) in [5, 5.41) is 17.5. The molecule has 3 N–H and O–H groups in total. The number of carbonyl (C=O) groups excluding carboxylic acids is 2. The van der Waals surface area contributed by atoms with Crippen LogP contribution in [0.2, 0.25) is 0 Å². The molecule has 0 aliphatic heterocycles. The van der Waals surface area contributed by atoms with Crippen LogP contribution in [0.3, 0.4) is 0 Å². The topological polar surface area (TPSA) is 121 Å². The van der Waals surface area contributed by atoms with Gasteiger partial charge in [-0.1, -0.05) is 47.5 Å². The van der Waals surface area contributed by atoms with Crippen molar-refractivity contribution in [1.29, 1.82) is 0 Å². The number of ether oxygens (including phenoxy) is 1. The Balaban J connectivity index is 1.41. The maximum absolute atomic E-state index is 13.3. The Morgan fingerprint density at radius 2 is 1.60 bits per heavy atom. The first-order chi connectivity index (χ1) is 19.9. The van der Waals surface area contributed by atoms with Gasteiger partial charge in [0.2, 0.25) is 0 Å². The zero-order valence-corrected chi connectivity index (χ0v) is 25.0. The highest BCUT2D eigenvalue weighted by molar-refractivity contribution is 7.13. The molecule has 218 valence electrons. The number of amides is 3. The van der Waals surface area contributed by atoms with Gasteiger partial charge in [0.05, 0.1) is 5.69 Å². The molecule has 4 aromatic rings. The molecule has 0 saturated carbocycles. The molecule has 0 aliphatic carbocycles. The summed E-state index contributed by atoms with van der Waals surface area (Å²) < 4.78 is 5.24. The lowest BCUT2D eigenvalue weighted by molar-refractivity contribution is 0.0635. The maximum Gasteiger partial charge on any atom is 0.413 e. The summed E-state index contributed by atoms with van der Waals surface area (Å²) in [7, 11) is 0. The molecule has 3 aromatic carbocycles. The quantitative estimate of drug-likeness (QED) is 0.194. The highest BCUT2D eigenvalue weighted by Gasteiger charge is 2.19. The number of aryl methyl sites for hydroxylation is 2. The second kappa shape index (κ2) is 12.9. The Morgan fingerprint density at radius 1 is 0.929 bits per heavy atom. The largest absolute Gasteiger partial charge is 0.465 e. The van der Waals surface area contributed by atoms with Crippen molar-refractivity contribution >= 4 is 45.9 Å². The van der Waals surface area contributed by atoms with E-state index < -0.39 is 17.8 Å². The molecular weight excluding hydrogens is 552 g/mol. The van der Waals surface area contributed by atoms with E-state index in [4.69, 9.17) is 4.74 Å². The number of anilines is 3. The molecule has 0 aliphatic rings. The van der Waals surface area contributed by atoms with Crippen LogP contribution in [0.1, 0.15) is 48.0 Å². The fraction of sp³-hybridized carbons (Fsp3) is 0.250. The van der Waals surface area contributed by atoms with E-state index in [1.54, 1.807) is 50.4 Å². The minimum atomic E-state index is -1.11. The summed E-state index contributed by atoms with van der Waals surface area (Å²) in [5.41, 5.74) is 5.54. The molecule has 0 fully saturated rings. The SMILES string of the molecule is Cc1ccc(-c2cc(C)ccc2C(=O)Nc2ccc(N(CCc3csc(NC(=O)OC(C)(C)C)n3)C(=O)O)cc2)cc1. The third kappa shape index (κ3) is 8.17. The van der Waals surface area contributed by atoms with Gasteiger partial charge in [-0.25, -0.2) is 14.6 Å². The Morgan fingerprint density at radius 3 is 2.24 bits per heavy atom. The summed E-state index contributed by atoms with van der Waals surface area (Å²) in [5.74, 6) is -0.257. The Labute approximate surface area is 249 Å². The van der Waals surface area contributed by atoms with Crippen molar-refractivity contribution in [1.82, 2.24) is 4.98 Å². The number of carbonyl (C=O) groups is 3. The van der Waals surface area contributed by atoms with Gasteiger partial charge in [0.25, 0.3) is 5.91 Å². The number of aromatic nitrogens is 1. The second-order valence-corrected chi connectivity index (χ2v) is 11.7. The van der Waals surface area contributed by atoms with E-state index in [1.807, 2.05) is 56.3 Å². The van der Waals surface area contributed by atoms with Gasteiger partial charge >= 0.3 is 12.2 Å². The van der Waals surface area contributed by atoms with Gasteiger partial charge in [-0.15, -0.1) is 11.3 Å². The number of nitrogens with zero attached hydrogens (tertiary/aromatic N) is 2. The van der Waals surface area contributed by atoms with Crippen molar-refractivity contribution in [2.24, 2.45) is 0 Å². The zero-order valence-electron chi connectivity index (χ0n) is 24.2. The molecule has 4 rings (SSSR count). The van der Waals surface area contributed by atoms with Crippen LogP contribution in [0.5, 0.6) is 0 Å². The van der Waals surface area contributed by atoms with Crippen LogP contribution < -0.4 is 15.5 Å². The third-order valence-corrected chi connectivity index (χ3v) is 7.01. The molecule has 9 nitrogen and oxygen atoms in total. The van der Waals surface area contributed by atoms with E-state index in [2.05, 4.69) is 15.6 Å². The van der Waals surface area contributed by atoms with E-state index >= 15 is 0 Å². The molecule has 0 saturated heterocycles. The molecule has 10 heteroatoms. The smallest absolute Gasteiger partial charge is 0.413 e. The molecule has 3 amide bonds. The summed E-state index contributed by atoms with van der Waals surface area (Å²) in [6.07, 6.45) is -1.38. The summed E-state index contributed by atoms with van der Waals surface area (Å²) in [6.45, 7) is 9.47. The van der Waals surface area contributed by atoms with Crippen molar-refractivity contribution in [2.45, 2.75) is 46.6 Å². The van der Waals surface area contributed by atoms with Gasteiger partial charge in [-0.3, -0.25) is 15.0 Å². The lowest BCUT2D eigenvalue weighted by atomic mass is 9.96. The van der Waals surface area contributed by atoms with E-state index in [0.717, 1.165) is 22.3 Å². The van der Waals surface area contributed by atoms with Gasteiger partial charge in [-0.2, -0.15) is 0 Å². The van der Waals surface area contributed by atoms with Crippen molar-refractivity contribution in [3.8, 4) is 11.1 Å². The summed E-state index contributed by atoms with van der Waals surface area (Å²) in [4.78, 5) is 42.8. The van der Waals surface area contributed by atoms with Crippen molar-refractivity contribution in [3.63, 3.8) is 0 Å². The number of rotatable bonds is 8. The number of benzene rings is 3. The van der Waals surface area contributed by atoms with Crippen LogP contribution in [-0.4, -0.2) is 40.3 Å². The first-order valence-corrected chi connectivity index (χ1v) is 14.3. The lowest BCUT2D eigenvalue weighted by Crippen LogP contribution is -2.31. The van der Waals surface area contributed by atoms with Crippen molar-refractivity contribution in [3.05, 3.63) is 94.5 Å². The summed E-state index contributed by atoms with van der Waals surface area (Å²) >= 11 is 1.24. The highest BCUT2D eigenvalue weighted by Crippen LogP contribution is 2.27. The van der Waals surface area contributed by atoms with Gasteiger partial charge < -0.3 is 15.2 Å². The van der Waals surface area contributed by atoms with Gasteiger partial charge in [-0.05, 0) is 76.1 Å². The van der Waals surface area contributed by atoms with Crippen LogP contribution in [0, 0.1) is 13.8 Å². The molecule has 0 bridgehead atoms. The number of carboxylic acid groups (broad SMARTS) is 1. The minimum absolute atomic E-state index is 0.153.